The summed E-state index contributed by atoms with van der Waals surface area (Å²) in [6, 6.07) is 0. The first-order valence-corrected chi connectivity index (χ1v) is 4.90. The van der Waals surface area contributed by atoms with Crippen molar-refractivity contribution in [3.63, 3.8) is 0 Å². The summed E-state index contributed by atoms with van der Waals surface area (Å²) in [4.78, 5) is 10.4. The maximum atomic E-state index is 11.7. The topological polar surface area (TPSA) is 55.8 Å². The Balaban J connectivity index is 3.69. The largest absolute Gasteiger partial charge is 0.478 e. The molecule has 1 N–H and O–H groups in total. The van der Waals surface area contributed by atoms with E-state index in [1.54, 1.807) is 6.92 Å². The van der Waals surface area contributed by atoms with Crippen LogP contribution in [0.4, 0.5) is 13.2 Å². The second-order valence-electron chi connectivity index (χ2n) is 3.40. The zero-order valence-corrected chi connectivity index (χ0v) is 9.58. The molecule has 1 unspecified atom stereocenters. The molecule has 7 heteroatoms. The summed E-state index contributed by atoms with van der Waals surface area (Å²) >= 11 is 0. The Labute approximate surface area is 97.0 Å². The number of carboxylic acids is 1. The van der Waals surface area contributed by atoms with Gasteiger partial charge in [0.25, 0.3) is 0 Å². The number of carbonyl (C=O) groups is 1. The lowest BCUT2D eigenvalue weighted by Gasteiger charge is -2.11. The molecule has 0 saturated carbocycles. The van der Waals surface area contributed by atoms with Gasteiger partial charge in [-0.3, -0.25) is 0 Å². The SMILES string of the molecule is CC(=CC(C)OCCOCC(F)(F)F)C(=O)O. The normalized spacial score (nSPS) is 14.8. The van der Waals surface area contributed by atoms with Gasteiger partial charge in [-0.2, -0.15) is 13.2 Å². The van der Waals surface area contributed by atoms with E-state index in [2.05, 4.69) is 4.74 Å². The van der Waals surface area contributed by atoms with Gasteiger partial charge in [-0.15, -0.1) is 0 Å². The Morgan fingerprint density at radius 1 is 1.41 bits per heavy atom. The molecule has 0 heterocycles. The molecule has 0 radical (unpaired) electrons. The Morgan fingerprint density at radius 2 is 2.00 bits per heavy atom. The fourth-order valence-corrected chi connectivity index (χ4v) is 0.952. The van der Waals surface area contributed by atoms with Gasteiger partial charge < -0.3 is 14.6 Å². The van der Waals surface area contributed by atoms with Crippen molar-refractivity contribution in [3.8, 4) is 0 Å². The fourth-order valence-electron chi connectivity index (χ4n) is 0.952. The van der Waals surface area contributed by atoms with Crippen molar-refractivity contribution < 1.29 is 32.5 Å². The van der Waals surface area contributed by atoms with Gasteiger partial charge in [-0.25, -0.2) is 4.79 Å². The molecule has 17 heavy (non-hydrogen) atoms. The molecule has 0 aromatic heterocycles. The van der Waals surface area contributed by atoms with E-state index >= 15 is 0 Å². The van der Waals surface area contributed by atoms with Crippen molar-refractivity contribution in [2.24, 2.45) is 0 Å². The highest BCUT2D eigenvalue weighted by atomic mass is 19.4. The quantitative estimate of drug-likeness (QED) is 0.559. The molecule has 0 aliphatic heterocycles. The fraction of sp³-hybridized carbons (Fsp3) is 0.700. The van der Waals surface area contributed by atoms with Crippen LogP contribution in [0, 0.1) is 0 Å². The molecule has 0 fully saturated rings. The van der Waals surface area contributed by atoms with Crippen molar-refractivity contribution in [1.82, 2.24) is 0 Å². The molecule has 100 valence electrons. The Morgan fingerprint density at radius 3 is 2.47 bits per heavy atom. The van der Waals surface area contributed by atoms with Crippen LogP contribution < -0.4 is 0 Å². The first-order chi connectivity index (χ1) is 7.72. The van der Waals surface area contributed by atoms with E-state index in [0.29, 0.717) is 0 Å². The number of rotatable bonds is 7. The smallest absolute Gasteiger partial charge is 0.411 e. The lowest BCUT2D eigenvalue weighted by molar-refractivity contribution is -0.176. The number of alkyl halides is 3. The Hall–Kier alpha value is -1.08. The number of halogens is 3. The van der Waals surface area contributed by atoms with Crippen LogP contribution in [-0.4, -0.2) is 43.2 Å². The zero-order valence-electron chi connectivity index (χ0n) is 9.58. The van der Waals surface area contributed by atoms with Crippen molar-refractivity contribution in [3.05, 3.63) is 11.6 Å². The van der Waals surface area contributed by atoms with Crippen LogP contribution in [0.25, 0.3) is 0 Å². The standard InChI is InChI=1S/C10H15F3O4/c1-7(9(14)15)5-8(2)17-4-3-16-6-10(11,12)13/h5,8H,3-4,6H2,1-2H3,(H,14,15). The van der Waals surface area contributed by atoms with Crippen molar-refractivity contribution in [1.29, 1.82) is 0 Å². The van der Waals surface area contributed by atoms with Crippen molar-refractivity contribution >= 4 is 5.97 Å². The van der Waals surface area contributed by atoms with E-state index in [0.717, 1.165) is 0 Å². The molecule has 0 aromatic carbocycles. The summed E-state index contributed by atoms with van der Waals surface area (Å²) in [5.41, 5.74) is 0.119. The first-order valence-electron chi connectivity index (χ1n) is 4.90. The molecule has 0 aliphatic rings. The van der Waals surface area contributed by atoms with Gasteiger partial charge in [-0.05, 0) is 19.9 Å². The summed E-state index contributed by atoms with van der Waals surface area (Å²) in [5.74, 6) is -1.06. The monoisotopic (exact) mass is 256 g/mol. The van der Waals surface area contributed by atoms with Gasteiger partial charge in [0.15, 0.2) is 0 Å². The van der Waals surface area contributed by atoms with Crippen LogP contribution in [0.1, 0.15) is 13.8 Å². The third kappa shape index (κ3) is 9.83. The highest BCUT2D eigenvalue weighted by Gasteiger charge is 2.27. The predicted octanol–water partition coefficient (Wildman–Crippen LogP) is 2.00. The van der Waals surface area contributed by atoms with Crippen LogP contribution in [0.2, 0.25) is 0 Å². The number of aliphatic carboxylic acids is 1. The van der Waals surface area contributed by atoms with Gasteiger partial charge in [0.2, 0.25) is 0 Å². The molecule has 0 amide bonds. The average Bonchev–Trinajstić information content (AvgIpc) is 2.15. The maximum absolute atomic E-state index is 11.7. The molecule has 0 rings (SSSR count). The minimum absolute atomic E-state index is 0.0271. The summed E-state index contributed by atoms with van der Waals surface area (Å²) in [5, 5.41) is 8.56. The highest BCUT2D eigenvalue weighted by molar-refractivity contribution is 5.85. The average molecular weight is 256 g/mol. The molecule has 1 atom stereocenters. The Bertz CT molecular complexity index is 273. The molecule has 0 saturated heterocycles. The molecule has 0 aliphatic carbocycles. The number of ether oxygens (including phenoxy) is 2. The van der Waals surface area contributed by atoms with Crippen LogP contribution in [0.15, 0.2) is 11.6 Å². The summed E-state index contributed by atoms with van der Waals surface area (Å²) in [7, 11) is 0. The third-order valence-electron chi connectivity index (χ3n) is 1.70. The molecular formula is C10H15F3O4. The van der Waals surface area contributed by atoms with Gasteiger partial charge in [0.05, 0.1) is 19.3 Å². The van der Waals surface area contributed by atoms with Gasteiger partial charge >= 0.3 is 12.1 Å². The van der Waals surface area contributed by atoms with Gasteiger partial charge in [-0.1, -0.05) is 0 Å². The lowest BCUT2D eigenvalue weighted by atomic mass is 10.2. The highest BCUT2D eigenvalue weighted by Crippen LogP contribution is 2.14. The molecule has 0 aromatic rings. The lowest BCUT2D eigenvalue weighted by Crippen LogP contribution is -2.20. The van der Waals surface area contributed by atoms with Crippen LogP contribution >= 0.6 is 0 Å². The first kappa shape index (κ1) is 15.9. The molecule has 0 spiro atoms. The summed E-state index contributed by atoms with van der Waals surface area (Å²) in [6.45, 7) is 1.47. The van der Waals surface area contributed by atoms with E-state index in [9.17, 15) is 18.0 Å². The van der Waals surface area contributed by atoms with E-state index in [1.165, 1.54) is 13.0 Å². The van der Waals surface area contributed by atoms with Crippen LogP contribution in [0.5, 0.6) is 0 Å². The van der Waals surface area contributed by atoms with E-state index < -0.39 is 24.9 Å². The second kappa shape index (κ2) is 7.29. The third-order valence-corrected chi connectivity index (χ3v) is 1.70. The maximum Gasteiger partial charge on any atom is 0.411 e. The number of carboxylic acid groups (broad SMARTS) is 1. The van der Waals surface area contributed by atoms with Crippen molar-refractivity contribution in [2.45, 2.75) is 26.1 Å². The van der Waals surface area contributed by atoms with Crippen LogP contribution in [-0.2, 0) is 14.3 Å². The summed E-state index contributed by atoms with van der Waals surface area (Å²) < 4.78 is 44.3. The van der Waals surface area contributed by atoms with E-state index in [1.807, 2.05) is 0 Å². The molecule has 4 nitrogen and oxygen atoms in total. The van der Waals surface area contributed by atoms with E-state index in [4.69, 9.17) is 9.84 Å². The molecular weight excluding hydrogens is 241 g/mol. The number of hydrogen-bond acceptors (Lipinski definition) is 3. The van der Waals surface area contributed by atoms with E-state index in [-0.39, 0.29) is 18.8 Å². The van der Waals surface area contributed by atoms with Crippen molar-refractivity contribution in [2.75, 3.05) is 19.8 Å². The van der Waals surface area contributed by atoms with Gasteiger partial charge in [0, 0.05) is 5.57 Å². The molecule has 0 bridgehead atoms. The second-order valence-corrected chi connectivity index (χ2v) is 3.40. The summed E-state index contributed by atoms with van der Waals surface area (Å²) in [6.07, 6.45) is -3.46. The predicted molar refractivity (Wildman–Crippen MR) is 53.7 cm³/mol. The minimum Gasteiger partial charge on any atom is -0.478 e. The zero-order chi connectivity index (χ0) is 13.5. The minimum atomic E-state index is -4.34. The van der Waals surface area contributed by atoms with Crippen LogP contribution in [0.3, 0.4) is 0 Å². The Kier molecular flexibility index (Phi) is 6.82. The van der Waals surface area contributed by atoms with Gasteiger partial charge in [0.1, 0.15) is 6.61 Å². The number of hydrogen-bond donors (Lipinski definition) is 1.